The van der Waals surface area contributed by atoms with Gasteiger partial charge in [-0.15, -0.1) is 11.3 Å². The molecule has 1 N–H and O–H groups in total. The average Bonchev–Trinajstić information content (AvgIpc) is 3.33. The summed E-state index contributed by atoms with van der Waals surface area (Å²) < 4.78 is 31.4. The zero-order valence-corrected chi connectivity index (χ0v) is 23.7. The molecule has 2 aliphatic rings. The van der Waals surface area contributed by atoms with Crippen LogP contribution in [0, 0.1) is 12.8 Å². The molecule has 11 heteroatoms. The summed E-state index contributed by atoms with van der Waals surface area (Å²) >= 11 is 1.21. The molecule has 218 valence electrons. The number of thiazole rings is 1. The first kappa shape index (κ1) is 29.2. The van der Waals surface area contributed by atoms with Crippen LogP contribution in [0.3, 0.4) is 0 Å². The van der Waals surface area contributed by atoms with Crippen molar-refractivity contribution in [2.75, 3.05) is 24.5 Å². The number of aryl methyl sites for hydroxylation is 1. The van der Waals surface area contributed by atoms with Crippen molar-refractivity contribution in [3.63, 3.8) is 0 Å². The maximum Gasteiger partial charge on any atom is 0.310 e. The number of fused-ring (bicyclic) bond motifs is 1. The number of likely N-dealkylation sites (tertiary alicyclic amines) is 1. The lowest BCUT2D eigenvalue weighted by atomic mass is 9.90. The van der Waals surface area contributed by atoms with E-state index in [-0.39, 0.29) is 43.7 Å². The lowest BCUT2D eigenvalue weighted by Gasteiger charge is -2.31. The van der Waals surface area contributed by atoms with Crippen molar-refractivity contribution in [1.29, 1.82) is 0 Å². The number of halogens is 2. The summed E-state index contributed by atoms with van der Waals surface area (Å²) in [7, 11) is 0. The number of benzene rings is 2. The van der Waals surface area contributed by atoms with Crippen molar-refractivity contribution in [2.45, 2.75) is 38.5 Å². The Hall–Kier alpha value is -4.25. The molecule has 0 spiro atoms. The van der Waals surface area contributed by atoms with Gasteiger partial charge in [-0.2, -0.15) is 0 Å². The molecule has 0 atom stereocenters. The fourth-order valence-electron chi connectivity index (χ4n) is 5.39. The molecule has 2 amide bonds. The number of piperidine rings is 1. The SMILES string of the molecule is Cc1nc(-c2ccccc2)sc1C(=O)N1CCC(F)(F)C(=CC(=O)N2CCC(C(=O)CC(=O)O)CC2)c2ccccc21. The number of carbonyl (C=O) groups is 4. The van der Waals surface area contributed by atoms with E-state index in [0.717, 1.165) is 11.6 Å². The van der Waals surface area contributed by atoms with E-state index < -0.39 is 53.8 Å². The van der Waals surface area contributed by atoms with Crippen LogP contribution in [-0.2, 0) is 14.4 Å². The summed E-state index contributed by atoms with van der Waals surface area (Å²) in [6.45, 7) is 1.77. The number of ketones is 1. The first-order valence-corrected chi connectivity index (χ1v) is 14.4. The summed E-state index contributed by atoms with van der Waals surface area (Å²) in [6, 6.07) is 15.7. The third-order valence-electron chi connectivity index (χ3n) is 7.64. The van der Waals surface area contributed by atoms with Gasteiger partial charge in [0.05, 0.1) is 11.4 Å². The number of hydrogen-bond acceptors (Lipinski definition) is 6. The number of aliphatic carboxylic acids is 1. The van der Waals surface area contributed by atoms with Crippen molar-refractivity contribution in [1.82, 2.24) is 9.88 Å². The van der Waals surface area contributed by atoms with Crippen molar-refractivity contribution < 1.29 is 33.1 Å². The Morgan fingerprint density at radius 2 is 1.69 bits per heavy atom. The van der Waals surface area contributed by atoms with Crippen LogP contribution in [0.5, 0.6) is 0 Å². The maximum absolute atomic E-state index is 15.7. The van der Waals surface area contributed by atoms with E-state index in [2.05, 4.69) is 4.98 Å². The van der Waals surface area contributed by atoms with Gasteiger partial charge in [-0.05, 0) is 25.8 Å². The topological polar surface area (TPSA) is 108 Å². The molecule has 42 heavy (non-hydrogen) atoms. The summed E-state index contributed by atoms with van der Waals surface area (Å²) in [5.41, 5.74) is 1.28. The van der Waals surface area contributed by atoms with E-state index in [9.17, 15) is 19.2 Å². The van der Waals surface area contributed by atoms with E-state index in [4.69, 9.17) is 5.11 Å². The maximum atomic E-state index is 15.7. The van der Waals surface area contributed by atoms with Crippen molar-refractivity contribution in [3.8, 4) is 10.6 Å². The van der Waals surface area contributed by atoms with Gasteiger partial charge in [-0.25, -0.2) is 13.8 Å². The molecule has 0 radical (unpaired) electrons. The number of allylic oxidation sites excluding steroid dienone is 1. The molecule has 5 rings (SSSR count). The number of carboxylic acids is 1. The van der Waals surface area contributed by atoms with Crippen LogP contribution >= 0.6 is 11.3 Å². The molecule has 3 heterocycles. The Bertz CT molecular complexity index is 1560. The Balaban J connectivity index is 1.42. The number of nitrogens with zero attached hydrogens (tertiary/aromatic N) is 3. The van der Waals surface area contributed by atoms with Gasteiger partial charge in [-0.3, -0.25) is 19.2 Å². The number of rotatable bonds is 6. The molecular formula is C31H29F2N3O5S. The van der Waals surface area contributed by atoms with Crippen LogP contribution < -0.4 is 4.90 Å². The van der Waals surface area contributed by atoms with Crippen molar-refractivity contribution in [2.24, 2.45) is 5.92 Å². The predicted octanol–water partition coefficient (Wildman–Crippen LogP) is 5.47. The minimum atomic E-state index is -3.39. The normalized spacial score (nSPS) is 17.9. The van der Waals surface area contributed by atoms with E-state index >= 15 is 8.78 Å². The summed E-state index contributed by atoms with van der Waals surface area (Å²) in [5.74, 6) is -6.52. The molecule has 1 fully saturated rings. The molecule has 1 saturated heterocycles. The zero-order valence-electron chi connectivity index (χ0n) is 22.9. The fourth-order valence-corrected chi connectivity index (χ4v) is 6.41. The Morgan fingerprint density at radius 3 is 2.38 bits per heavy atom. The second-order valence-electron chi connectivity index (χ2n) is 10.4. The third-order valence-corrected chi connectivity index (χ3v) is 8.83. The molecular weight excluding hydrogens is 564 g/mol. The largest absolute Gasteiger partial charge is 0.481 e. The lowest BCUT2D eigenvalue weighted by Crippen LogP contribution is -2.40. The first-order chi connectivity index (χ1) is 20.0. The van der Waals surface area contributed by atoms with Gasteiger partial charge in [0.25, 0.3) is 11.8 Å². The smallest absolute Gasteiger partial charge is 0.310 e. The summed E-state index contributed by atoms with van der Waals surface area (Å²) in [6.07, 6.45) is 0.236. The van der Waals surface area contributed by atoms with Crippen LogP contribution in [0.4, 0.5) is 14.5 Å². The number of para-hydroxylation sites is 1. The second kappa shape index (κ2) is 11.9. The first-order valence-electron chi connectivity index (χ1n) is 13.6. The monoisotopic (exact) mass is 593 g/mol. The number of amides is 2. The molecule has 1 aromatic heterocycles. The quantitative estimate of drug-likeness (QED) is 0.300. The Morgan fingerprint density at radius 1 is 1.02 bits per heavy atom. The Kier molecular flexibility index (Phi) is 8.31. The van der Waals surface area contributed by atoms with Crippen LogP contribution in [-0.4, -0.2) is 64.1 Å². The van der Waals surface area contributed by atoms with E-state index in [0.29, 0.717) is 15.6 Å². The Labute approximate surface area is 245 Å². The number of carbonyl (C=O) groups excluding carboxylic acids is 3. The fraction of sp³-hybridized carbons (Fsp3) is 0.323. The molecule has 0 saturated carbocycles. The number of carboxylic acid groups (broad SMARTS) is 1. The van der Waals surface area contributed by atoms with Crippen LogP contribution in [0.1, 0.15) is 46.6 Å². The summed E-state index contributed by atoms with van der Waals surface area (Å²) in [4.78, 5) is 57.6. The molecule has 0 unspecified atom stereocenters. The van der Waals surface area contributed by atoms with E-state index in [1.807, 2.05) is 30.3 Å². The van der Waals surface area contributed by atoms with E-state index in [1.54, 1.807) is 25.1 Å². The van der Waals surface area contributed by atoms with Gasteiger partial charge >= 0.3 is 5.97 Å². The van der Waals surface area contributed by atoms with Gasteiger partial charge < -0.3 is 14.9 Å². The molecule has 3 aromatic rings. The third kappa shape index (κ3) is 6.01. The minimum absolute atomic E-state index is 0.0960. The van der Waals surface area contributed by atoms with Gasteiger partial charge in [0.2, 0.25) is 5.91 Å². The van der Waals surface area contributed by atoms with E-state index in [1.165, 1.54) is 27.2 Å². The highest BCUT2D eigenvalue weighted by molar-refractivity contribution is 7.17. The molecule has 2 aromatic carbocycles. The van der Waals surface area contributed by atoms with Crippen molar-refractivity contribution >= 4 is 46.2 Å². The molecule has 8 nitrogen and oxygen atoms in total. The highest BCUT2D eigenvalue weighted by Crippen LogP contribution is 2.44. The van der Waals surface area contributed by atoms with Gasteiger partial charge in [-0.1, -0.05) is 48.5 Å². The number of aromatic nitrogens is 1. The standard InChI is InChI=1S/C31H29F2N3O5S/c1-19-28(42-29(34-19)21-7-3-2-4-8-21)30(41)36-16-13-31(32,33)23(22-9-5-6-10-24(22)36)17-26(38)35-14-11-20(12-15-35)25(37)18-27(39)40/h2-10,17,20H,11-16,18H2,1H3,(H,39,40). The number of Topliss-reactive ketones (excluding diaryl/α,β-unsaturated/α-hetero) is 1. The number of hydrogen-bond donors (Lipinski definition) is 1. The highest BCUT2D eigenvalue weighted by atomic mass is 32.1. The minimum Gasteiger partial charge on any atom is -0.481 e. The highest BCUT2D eigenvalue weighted by Gasteiger charge is 2.42. The van der Waals surface area contributed by atoms with Gasteiger partial charge in [0, 0.05) is 54.7 Å². The van der Waals surface area contributed by atoms with Crippen LogP contribution in [0.25, 0.3) is 16.1 Å². The molecule has 0 bridgehead atoms. The van der Waals surface area contributed by atoms with Crippen LogP contribution in [0.15, 0.2) is 60.7 Å². The van der Waals surface area contributed by atoms with Crippen LogP contribution in [0.2, 0.25) is 0 Å². The lowest BCUT2D eigenvalue weighted by molar-refractivity contribution is -0.142. The van der Waals surface area contributed by atoms with Gasteiger partial charge in [0.15, 0.2) is 0 Å². The molecule has 0 aliphatic carbocycles. The van der Waals surface area contributed by atoms with Gasteiger partial charge in [0.1, 0.15) is 22.1 Å². The number of anilines is 1. The average molecular weight is 594 g/mol. The van der Waals surface area contributed by atoms with Crippen molar-refractivity contribution in [3.05, 3.63) is 76.8 Å². The summed E-state index contributed by atoms with van der Waals surface area (Å²) in [5, 5.41) is 9.53. The predicted molar refractivity (Wildman–Crippen MR) is 155 cm³/mol. The zero-order chi connectivity index (χ0) is 30.0. The second-order valence-corrected chi connectivity index (χ2v) is 11.4. The number of alkyl halides is 2. The molecule has 2 aliphatic heterocycles.